The van der Waals surface area contributed by atoms with Crippen LogP contribution in [0.1, 0.15) is 19.3 Å². The predicted molar refractivity (Wildman–Crippen MR) is 71.8 cm³/mol. The molecule has 1 aliphatic rings. The van der Waals surface area contributed by atoms with Crippen molar-refractivity contribution in [2.24, 2.45) is 0 Å². The molecule has 0 saturated carbocycles. The molecule has 7 heteroatoms. The van der Waals surface area contributed by atoms with E-state index in [1.807, 2.05) is 7.05 Å². The third-order valence-corrected chi connectivity index (χ3v) is 3.54. The van der Waals surface area contributed by atoms with Gasteiger partial charge >= 0.3 is 5.69 Å². The topological polar surface area (TPSA) is 58.4 Å². The van der Waals surface area contributed by atoms with Gasteiger partial charge in [-0.25, -0.2) is 4.39 Å². The first-order valence-corrected chi connectivity index (χ1v) is 6.56. The first-order valence-electron chi connectivity index (χ1n) is 6.56. The van der Waals surface area contributed by atoms with Gasteiger partial charge in [0.25, 0.3) is 0 Å². The molecule has 2 rings (SSSR count). The van der Waals surface area contributed by atoms with Gasteiger partial charge < -0.3 is 10.2 Å². The molecule has 0 amide bonds. The summed E-state index contributed by atoms with van der Waals surface area (Å²) < 4.78 is 27.0. The number of anilines is 1. The predicted octanol–water partition coefficient (Wildman–Crippen LogP) is 2.77. The number of nitrogens with one attached hydrogen (secondary N) is 1. The molecule has 1 aromatic rings. The highest BCUT2D eigenvalue weighted by Gasteiger charge is 2.21. The molecule has 1 aliphatic heterocycles. The van der Waals surface area contributed by atoms with Gasteiger partial charge in [-0.1, -0.05) is 0 Å². The zero-order valence-corrected chi connectivity index (χ0v) is 11.2. The Labute approximate surface area is 115 Å². The lowest BCUT2D eigenvalue weighted by Gasteiger charge is -2.18. The highest BCUT2D eigenvalue weighted by molar-refractivity contribution is 5.53. The molecule has 1 fully saturated rings. The Morgan fingerprint density at radius 2 is 2.05 bits per heavy atom. The maximum Gasteiger partial charge on any atom is 0.307 e. The minimum atomic E-state index is -1.15. The normalized spacial score (nSPS) is 20.4. The fraction of sp³-hybridized carbons (Fsp3) is 0.538. The van der Waals surface area contributed by atoms with Crippen LogP contribution in [0, 0.1) is 21.7 Å². The molecular weight excluding hydrogens is 268 g/mol. The number of hydrogen-bond acceptors (Lipinski definition) is 4. The molecule has 1 atom stereocenters. The van der Waals surface area contributed by atoms with E-state index in [9.17, 15) is 18.9 Å². The summed E-state index contributed by atoms with van der Waals surface area (Å²) in [6.07, 6.45) is 2.65. The van der Waals surface area contributed by atoms with Crippen molar-refractivity contribution in [2.45, 2.75) is 25.3 Å². The van der Waals surface area contributed by atoms with Gasteiger partial charge in [0.2, 0.25) is 5.82 Å². The van der Waals surface area contributed by atoms with Crippen molar-refractivity contribution in [2.75, 3.05) is 25.5 Å². The summed E-state index contributed by atoms with van der Waals surface area (Å²) in [4.78, 5) is 12.0. The molecule has 0 radical (unpaired) electrons. The SMILES string of the molecule is CN1CCCC(Nc2cc([N+](=O)[O-])c(F)cc2F)CC1. The molecule has 0 aliphatic carbocycles. The molecular formula is C13H17F2N3O2. The Hall–Kier alpha value is -1.76. The van der Waals surface area contributed by atoms with Crippen molar-refractivity contribution < 1.29 is 13.7 Å². The van der Waals surface area contributed by atoms with Crippen LogP contribution >= 0.6 is 0 Å². The van der Waals surface area contributed by atoms with Gasteiger partial charge in [0.15, 0.2) is 0 Å². The number of nitro groups is 1. The van der Waals surface area contributed by atoms with Gasteiger partial charge in [-0.2, -0.15) is 4.39 Å². The lowest BCUT2D eigenvalue weighted by Crippen LogP contribution is -2.23. The Balaban J connectivity index is 2.16. The lowest BCUT2D eigenvalue weighted by molar-refractivity contribution is -0.387. The summed E-state index contributed by atoms with van der Waals surface area (Å²) in [5.41, 5.74) is -0.715. The van der Waals surface area contributed by atoms with E-state index in [0.29, 0.717) is 6.07 Å². The van der Waals surface area contributed by atoms with Gasteiger partial charge in [0.1, 0.15) is 5.82 Å². The number of halogens is 2. The highest BCUT2D eigenvalue weighted by atomic mass is 19.1. The van der Waals surface area contributed by atoms with Gasteiger partial charge in [0, 0.05) is 18.2 Å². The average molecular weight is 285 g/mol. The Morgan fingerprint density at radius 3 is 2.75 bits per heavy atom. The van der Waals surface area contributed by atoms with Crippen molar-refractivity contribution in [3.8, 4) is 0 Å². The molecule has 5 nitrogen and oxygen atoms in total. The van der Waals surface area contributed by atoms with Crippen LogP contribution in [0.5, 0.6) is 0 Å². The zero-order valence-electron chi connectivity index (χ0n) is 11.2. The molecule has 1 saturated heterocycles. The Morgan fingerprint density at radius 1 is 1.30 bits per heavy atom. The smallest absolute Gasteiger partial charge is 0.307 e. The molecule has 1 unspecified atom stereocenters. The molecule has 20 heavy (non-hydrogen) atoms. The molecule has 0 bridgehead atoms. The van der Waals surface area contributed by atoms with Crippen LogP contribution in [0.2, 0.25) is 0 Å². The minimum Gasteiger partial charge on any atom is -0.380 e. The minimum absolute atomic E-state index is 0.00680. The van der Waals surface area contributed by atoms with E-state index in [1.54, 1.807) is 0 Å². The van der Waals surface area contributed by atoms with Crippen molar-refractivity contribution in [1.29, 1.82) is 0 Å². The largest absolute Gasteiger partial charge is 0.380 e. The number of nitrogens with zero attached hydrogens (tertiary/aromatic N) is 2. The molecule has 1 heterocycles. The van der Waals surface area contributed by atoms with Gasteiger partial charge in [-0.15, -0.1) is 0 Å². The van der Waals surface area contributed by atoms with Crippen LogP contribution in [0.4, 0.5) is 20.2 Å². The van der Waals surface area contributed by atoms with E-state index in [1.165, 1.54) is 0 Å². The maximum absolute atomic E-state index is 13.7. The van der Waals surface area contributed by atoms with Crippen molar-refractivity contribution in [3.05, 3.63) is 33.9 Å². The van der Waals surface area contributed by atoms with Crippen LogP contribution in [-0.2, 0) is 0 Å². The number of rotatable bonds is 3. The highest BCUT2D eigenvalue weighted by Crippen LogP contribution is 2.27. The zero-order chi connectivity index (χ0) is 14.7. The maximum atomic E-state index is 13.7. The summed E-state index contributed by atoms with van der Waals surface area (Å²) in [7, 11) is 2.02. The first kappa shape index (κ1) is 14.6. The second-order valence-corrected chi connectivity index (χ2v) is 5.12. The fourth-order valence-corrected chi connectivity index (χ4v) is 2.39. The van der Waals surface area contributed by atoms with Crippen LogP contribution in [-0.4, -0.2) is 36.0 Å². The van der Waals surface area contributed by atoms with E-state index >= 15 is 0 Å². The average Bonchev–Trinajstić information content (AvgIpc) is 2.57. The third-order valence-electron chi connectivity index (χ3n) is 3.54. The number of likely N-dealkylation sites (tertiary alicyclic amines) is 1. The van der Waals surface area contributed by atoms with Gasteiger partial charge in [-0.3, -0.25) is 10.1 Å². The van der Waals surface area contributed by atoms with Crippen LogP contribution < -0.4 is 5.32 Å². The van der Waals surface area contributed by atoms with Crippen molar-refractivity contribution in [1.82, 2.24) is 4.90 Å². The third kappa shape index (κ3) is 3.41. The van der Waals surface area contributed by atoms with Crippen LogP contribution in [0.3, 0.4) is 0 Å². The van der Waals surface area contributed by atoms with E-state index in [0.717, 1.165) is 38.4 Å². The molecule has 1 N–H and O–H groups in total. The van der Waals surface area contributed by atoms with Crippen molar-refractivity contribution >= 4 is 11.4 Å². The molecule has 1 aromatic carbocycles. The summed E-state index contributed by atoms with van der Waals surface area (Å²) in [6.45, 7) is 1.85. The van der Waals surface area contributed by atoms with Gasteiger partial charge in [0.05, 0.1) is 10.6 Å². The van der Waals surface area contributed by atoms with Crippen LogP contribution in [0.25, 0.3) is 0 Å². The summed E-state index contributed by atoms with van der Waals surface area (Å²) >= 11 is 0. The number of hydrogen-bond donors (Lipinski definition) is 1. The Bertz CT molecular complexity index is 511. The monoisotopic (exact) mass is 285 g/mol. The summed E-state index contributed by atoms with van der Waals surface area (Å²) in [5.74, 6) is -1.95. The van der Waals surface area contributed by atoms with E-state index in [4.69, 9.17) is 0 Å². The molecule has 0 aromatic heterocycles. The van der Waals surface area contributed by atoms with E-state index < -0.39 is 22.2 Å². The second-order valence-electron chi connectivity index (χ2n) is 5.12. The van der Waals surface area contributed by atoms with Gasteiger partial charge in [-0.05, 0) is 39.4 Å². The second kappa shape index (κ2) is 6.13. The van der Waals surface area contributed by atoms with E-state index in [2.05, 4.69) is 10.2 Å². The molecule has 110 valence electrons. The van der Waals surface area contributed by atoms with Crippen LogP contribution in [0.15, 0.2) is 12.1 Å². The lowest BCUT2D eigenvalue weighted by atomic mass is 10.1. The quantitative estimate of drug-likeness (QED) is 0.685. The Kier molecular flexibility index (Phi) is 4.49. The number of benzene rings is 1. The number of nitro benzene ring substituents is 1. The first-order chi connectivity index (χ1) is 9.47. The fourth-order valence-electron chi connectivity index (χ4n) is 2.39. The summed E-state index contributed by atoms with van der Waals surface area (Å²) in [6, 6.07) is 1.53. The summed E-state index contributed by atoms with van der Waals surface area (Å²) in [5, 5.41) is 13.6. The molecule has 0 spiro atoms. The van der Waals surface area contributed by atoms with E-state index in [-0.39, 0.29) is 11.7 Å². The van der Waals surface area contributed by atoms with Crippen molar-refractivity contribution in [3.63, 3.8) is 0 Å². The standard InChI is InChI=1S/C13H17F2N3O2/c1-17-5-2-3-9(4-6-17)16-12-8-13(18(19)20)11(15)7-10(12)14/h7-9,16H,2-6H2,1H3.